The first-order valence-electron chi connectivity index (χ1n) is 4.78. The molecule has 4 fully saturated rings. The van der Waals surface area contributed by atoms with Gasteiger partial charge in [-0.1, -0.05) is 0 Å². The lowest BCUT2D eigenvalue weighted by Crippen LogP contribution is -2.20. The highest BCUT2D eigenvalue weighted by Crippen LogP contribution is 3.00. The lowest BCUT2D eigenvalue weighted by Gasteiger charge is -2.12. The van der Waals surface area contributed by atoms with Crippen LogP contribution in [0.5, 0.6) is 0 Å². The molecule has 0 aromatic rings. The van der Waals surface area contributed by atoms with E-state index in [4.69, 9.17) is 0 Å². The molecule has 0 aromatic carbocycles. The summed E-state index contributed by atoms with van der Waals surface area (Å²) in [6, 6.07) is 0. The first kappa shape index (κ1) is 8.74. The fourth-order valence-corrected chi connectivity index (χ4v) is 9.23. The van der Waals surface area contributed by atoms with E-state index >= 15 is 0 Å². The van der Waals surface area contributed by atoms with E-state index in [-0.39, 0.29) is 0 Å². The molecule has 4 aliphatic rings. The van der Waals surface area contributed by atoms with Crippen LogP contribution in [0.25, 0.3) is 0 Å². The number of cyclic esters (lactones) is 4. The number of ether oxygens (including phenoxy) is 2. The molecule has 16 heavy (non-hydrogen) atoms. The van der Waals surface area contributed by atoms with Crippen LogP contribution in [0.4, 0.5) is 0 Å². The minimum Gasteiger partial charge on any atom is -0.391 e. The van der Waals surface area contributed by atoms with Crippen LogP contribution >= 0.6 is 10.0 Å². The zero-order chi connectivity index (χ0) is 11.5. The summed E-state index contributed by atoms with van der Waals surface area (Å²) >= 11 is 0. The monoisotopic (exact) mass is 242 g/mol. The van der Waals surface area contributed by atoms with Crippen LogP contribution in [0, 0.1) is 0 Å². The molecular formula is C9H6O6S. The van der Waals surface area contributed by atoms with E-state index < -0.39 is 54.4 Å². The summed E-state index contributed by atoms with van der Waals surface area (Å²) in [5.41, 5.74) is 0. The van der Waals surface area contributed by atoms with Crippen LogP contribution in [0.3, 0.4) is 0 Å². The van der Waals surface area contributed by atoms with Gasteiger partial charge in [-0.15, -0.1) is 0 Å². The summed E-state index contributed by atoms with van der Waals surface area (Å²) in [5.74, 6) is -2.28. The highest BCUT2D eigenvalue weighted by atomic mass is 32.3. The average molecular weight is 242 g/mol. The molecule has 7 heteroatoms. The second-order valence-corrected chi connectivity index (χ2v) is 8.40. The zero-order valence-electron chi connectivity index (χ0n) is 8.09. The Kier molecular flexibility index (Phi) is 1.05. The predicted octanol–water partition coefficient (Wildman–Crippen LogP) is -1.15. The summed E-state index contributed by atoms with van der Waals surface area (Å²) in [5, 5.41) is -1.59. The number of rotatable bonds is 0. The number of carbonyl (C=O) groups is 4. The molecule has 4 rings (SSSR count). The Labute approximate surface area is 90.6 Å². The van der Waals surface area contributed by atoms with Gasteiger partial charge in [-0.3, -0.25) is 19.2 Å². The number of hydrogen-bond donors (Lipinski definition) is 0. The normalized spacial score (nSPS) is 59.9. The van der Waals surface area contributed by atoms with Crippen molar-refractivity contribution in [3.8, 4) is 0 Å². The van der Waals surface area contributed by atoms with Crippen LogP contribution in [0.15, 0.2) is 0 Å². The molecule has 4 atom stereocenters. The minimum absolute atomic E-state index is 0.521. The van der Waals surface area contributed by atoms with E-state index in [1.807, 2.05) is 0 Å². The van der Waals surface area contributed by atoms with Crippen molar-refractivity contribution < 1.29 is 28.7 Å². The van der Waals surface area contributed by atoms with Crippen LogP contribution in [-0.4, -0.2) is 44.4 Å². The van der Waals surface area contributed by atoms with Gasteiger partial charge in [0.1, 0.15) is 20.5 Å². The summed E-state index contributed by atoms with van der Waals surface area (Å²) in [6.07, 6.45) is 0. The number of esters is 4. The second-order valence-electron chi connectivity index (χ2n) is 4.54. The summed E-state index contributed by atoms with van der Waals surface area (Å²) in [6.45, 7) is 1.62. The van der Waals surface area contributed by atoms with Gasteiger partial charge in [-0.2, -0.15) is 10.0 Å². The van der Waals surface area contributed by atoms with E-state index in [2.05, 4.69) is 9.47 Å². The van der Waals surface area contributed by atoms with Crippen molar-refractivity contribution in [2.45, 2.75) is 27.4 Å². The zero-order valence-corrected chi connectivity index (χ0v) is 8.91. The van der Waals surface area contributed by atoms with Crippen LogP contribution in [0.2, 0.25) is 0 Å². The SMILES string of the molecule is CC12C(=O)OC(=O)C1S21C2C(=O)OC(=O)C21. The van der Waals surface area contributed by atoms with E-state index in [1.54, 1.807) is 6.92 Å². The first-order chi connectivity index (χ1) is 7.47. The largest absolute Gasteiger partial charge is 0.391 e. The van der Waals surface area contributed by atoms with E-state index in [0.29, 0.717) is 0 Å². The van der Waals surface area contributed by atoms with Crippen LogP contribution in [-0.2, 0) is 28.7 Å². The maximum absolute atomic E-state index is 11.6. The van der Waals surface area contributed by atoms with Gasteiger partial charge in [0.2, 0.25) is 0 Å². The van der Waals surface area contributed by atoms with Gasteiger partial charge >= 0.3 is 23.9 Å². The molecule has 0 amide bonds. The Morgan fingerprint density at radius 3 is 2.00 bits per heavy atom. The van der Waals surface area contributed by atoms with Gasteiger partial charge in [-0.05, 0) is 6.92 Å². The Morgan fingerprint density at radius 1 is 1.00 bits per heavy atom. The third-order valence-corrected chi connectivity index (χ3v) is 9.44. The van der Waals surface area contributed by atoms with E-state index in [0.717, 1.165) is 0 Å². The average Bonchev–Trinajstić information content (AvgIpc) is 2.91. The molecule has 6 nitrogen and oxygen atoms in total. The highest BCUT2D eigenvalue weighted by molar-refractivity contribution is 8.50. The van der Waals surface area contributed by atoms with Gasteiger partial charge < -0.3 is 9.47 Å². The van der Waals surface area contributed by atoms with Crippen molar-refractivity contribution in [1.29, 1.82) is 0 Å². The quantitative estimate of drug-likeness (QED) is 0.303. The molecule has 4 saturated heterocycles. The predicted molar refractivity (Wildman–Crippen MR) is 49.6 cm³/mol. The Bertz CT molecular complexity index is 504. The van der Waals surface area contributed by atoms with Gasteiger partial charge in [0.05, 0.1) is 0 Å². The molecule has 0 aromatic heterocycles. The standard InChI is InChI=1S/C9H6O6S/c1-9-4(7(12)15-8(9)13)16(9)2-3(16)6(11)14-5(2)10/h2-4H,1H3. The number of carbonyl (C=O) groups excluding carboxylic acids is 4. The molecule has 84 valence electrons. The van der Waals surface area contributed by atoms with Gasteiger partial charge in [0.25, 0.3) is 0 Å². The van der Waals surface area contributed by atoms with Crippen molar-refractivity contribution >= 4 is 33.9 Å². The van der Waals surface area contributed by atoms with Crippen molar-refractivity contribution in [2.24, 2.45) is 0 Å². The molecule has 0 saturated carbocycles. The van der Waals surface area contributed by atoms with Crippen molar-refractivity contribution in [3.05, 3.63) is 0 Å². The fourth-order valence-electron chi connectivity index (χ4n) is 3.34. The molecule has 0 aliphatic carbocycles. The van der Waals surface area contributed by atoms with Crippen molar-refractivity contribution in [3.63, 3.8) is 0 Å². The third-order valence-electron chi connectivity index (χ3n) is 4.08. The highest BCUT2D eigenvalue weighted by Gasteiger charge is 3.00. The van der Waals surface area contributed by atoms with E-state index in [9.17, 15) is 19.2 Å². The molecule has 4 aliphatic heterocycles. The Morgan fingerprint density at radius 2 is 1.56 bits per heavy atom. The molecule has 4 unspecified atom stereocenters. The molecular weight excluding hydrogens is 236 g/mol. The molecule has 4 heterocycles. The Balaban J connectivity index is 1.85. The first-order valence-corrected chi connectivity index (χ1v) is 6.60. The third kappa shape index (κ3) is 0.514. The minimum atomic E-state index is -1.78. The maximum atomic E-state index is 11.6. The summed E-state index contributed by atoms with van der Waals surface area (Å²) in [7, 11) is -1.78. The smallest absolute Gasteiger partial charge is 0.329 e. The van der Waals surface area contributed by atoms with Gasteiger partial charge in [0.15, 0.2) is 0 Å². The van der Waals surface area contributed by atoms with Crippen molar-refractivity contribution in [2.75, 3.05) is 0 Å². The topological polar surface area (TPSA) is 86.7 Å². The second kappa shape index (κ2) is 1.92. The number of fused-ring (bicyclic) bond motifs is 6. The fraction of sp³-hybridized carbons (Fsp3) is 0.556. The lowest BCUT2D eigenvalue weighted by atomic mass is 10.1. The molecule has 0 radical (unpaired) electrons. The van der Waals surface area contributed by atoms with Crippen molar-refractivity contribution in [1.82, 2.24) is 0 Å². The van der Waals surface area contributed by atoms with Gasteiger partial charge in [-0.25, -0.2) is 0 Å². The van der Waals surface area contributed by atoms with E-state index in [1.165, 1.54) is 0 Å². The molecule has 0 N–H and O–H groups in total. The lowest BCUT2D eigenvalue weighted by molar-refractivity contribution is -0.153. The Hall–Kier alpha value is -1.37. The number of hydrogen-bond acceptors (Lipinski definition) is 6. The van der Waals surface area contributed by atoms with Gasteiger partial charge in [0, 0.05) is 0 Å². The maximum Gasteiger partial charge on any atom is 0.329 e. The molecule has 1 spiro atoms. The van der Waals surface area contributed by atoms with Crippen LogP contribution < -0.4 is 0 Å². The van der Waals surface area contributed by atoms with Crippen LogP contribution in [0.1, 0.15) is 6.92 Å². The summed E-state index contributed by atoms with van der Waals surface area (Å²) in [4.78, 5) is 45.8. The summed E-state index contributed by atoms with van der Waals surface area (Å²) < 4.78 is 8.08. The molecule has 0 bridgehead atoms.